The molecule has 14 heavy (non-hydrogen) atoms. The molecule has 0 atom stereocenters. The Morgan fingerprint density at radius 1 is 1.07 bits per heavy atom. The van der Waals surface area contributed by atoms with Crippen molar-refractivity contribution < 1.29 is 9.47 Å². The zero-order valence-corrected chi connectivity index (χ0v) is 9.58. The highest BCUT2D eigenvalue weighted by molar-refractivity contribution is 4.83. The van der Waals surface area contributed by atoms with Gasteiger partial charge in [-0.25, -0.2) is 0 Å². The van der Waals surface area contributed by atoms with Gasteiger partial charge in [-0.15, -0.1) is 5.73 Å². The van der Waals surface area contributed by atoms with Crippen LogP contribution in [-0.2, 0) is 9.47 Å². The SMILES string of the molecule is CCC=C=CCCC(OCC)OCC. The summed E-state index contributed by atoms with van der Waals surface area (Å²) in [5.41, 5.74) is 3.11. The molecule has 0 aromatic heterocycles. The van der Waals surface area contributed by atoms with Crippen LogP contribution in [0.1, 0.15) is 40.0 Å². The third kappa shape index (κ3) is 8.06. The molecular formula is C12H22O2. The highest BCUT2D eigenvalue weighted by Crippen LogP contribution is 2.04. The Labute approximate surface area is 87.6 Å². The highest BCUT2D eigenvalue weighted by atomic mass is 16.7. The Hall–Kier alpha value is -0.560. The summed E-state index contributed by atoms with van der Waals surface area (Å²) in [5, 5.41) is 0. The van der Waals surface area contributed by atoms with Gasteiger partial charge in [0.05, 0.1) is 0 Å². The zero-order valence-electron chi connectivity index (χ0n) is 9.58. The molecule has 0 fully saturated rings. The third-order valence-electron chi connectivity index (χ3n) is 1.69. The first-order chi connectivity index (χ1) is 6.85. The molecule has 0 amide bonds. The quantitative estimate of drug-likeness (QED) is 0.440. The number of hydrogen-bond donors (Lipinski definition) is 0. The van der Waals surface area contributed by atoms with Crippen molar-refractivity contribution in [1.29, 1.82) is 0 Å². The highest BCUT2D eigenvalue weighted by Gasteiger charge is 2.05. The van der Waals surface area contributed by atoms with Crippen molar-refractivity contribution in [2.45, 2.75) is 46.3 Å². The molecule has 0 aliphatic carbocycles. The third-order valence-corrected chi connectivity index (χ3v) is 1.69. The van der Waals surface area contributed by atoms with Crippen molar-refractivity contribution in [3.63, 3.8) is 0 Å². The minimum Gasteiger partial charge on any atom is -0.353 e. The first-order valence-electron chi connectivity index (χ1n) is 5.47. The maximum Gasteiger partial charge on any atom is 0.157 e. The summed E-state index contributed by atoms with van der Waals surface area (Å²) >= 11 is 0. The predicted molar refractivity (Wildman–Crippen MR) is 59.2 cm³/mol. The second-order valence-electron chi connectivity index (χ2n) is 2.90. The van der Waals surface area contributed by atoms with Crippen LogP contribution in [0.2, 0.25) is 0 Å². The van der Waals surface area contributed by atoms with E-state index >= 15 is 0 Å². The second kappa shape index (κ2) is 10.5. The number of allylic oxidation sites excluding steroid dienone is 1. The van der Waals surface area contributed by atoms with Gasteiger partial charge in [0.15, 0.2) is 6.29 Å². The van der Waals surface area contributed by atoms with Gasteiger partial charge in [-0.3, -0.25) is 0 Å². The summed E-state index contributed by atoms with van der Waals surface area (Å²) in [6.45, 7) is 7.49. The molecule has 0 saturated heterocycles. The summed E-state index contributed by atoms with van der Waals surface area (Å²) in [7, 11) is 0. The van der Waals surface area contributed by atoms with Gasteiger partial charge in [0, 0.05) is 19.6 Å². The first kappa shape index (κ1) is 13.4. The van der Waals surface area contributed by atoms with Crippen LogP contribution in [0.3, 0.4) is 0 Å². The molecule has 0 saturated carbocycles. The van der Waals surface area contributed by atoms with Gasteiger partial charge in [-0.05, 0) is 38.8 Å². The van der Waals surface area contributed by atoms with Gasteiger partial charge in [0.2, 0.25) is 0 Å². The standard InChI is InChI=1S/C12H22O2/c1-4-7-8-9-10-11-12(13-5-2)14-6-3/h7,9,12H,4-6,10-11H2,1-3H3. The molecule has 0 rings (SSSR count). The van der Waals surface area contributed by atoms with E-state index in [0.717, 1.165) is 19.3 Å². The molecule has 0 aromatic carbocycles. The topological polar surface area (TPSA) is 18.5 Å². The van der Waals surface area contributed by atoms with Crippen molar-refractivity contribution in [2.24, 2.45) is 0 Å². The lowest BCUT2D eigenvalue weighted by atomic mass is 10.3. The molecule has 0 heterocycles. The van der Waals surface area contributed by atoms with Gasteiger partial charge in [-0.1, -0.05) is 6.92 Å². The monoisotopic (exact) mass is 198 g/mol. The van der Waals surface area contributed by atoms with Crippen LogP contribution < -0.4 is 0 Å². The number of ether oxygens (including phenoxy) is 2. The van der Waals surface area contributed by atoms with Crippen LogP contribution in [-0.4, -0.2) is 19.5 Å². The minimum atomic E-state index is -0.0512. The molecule has 0 aliphatic rings. The molecule has 0 radical (unpaired) electrons. The predicted octanol–water partition coefficient (Wildman–Crippen LogP) is 3.29. The summed E-state index contributed by atoms with van der Waals surface area (Å²) in [5.74, 6) is 0. The van der Waals surface area contributed by atoms with E-state index in [4.69, 9.17) is 9.47 Å². The average molecular weight is 198 g/mol. The lowest BCUT2D eigenvalue weighted by molar-refractivity contribution is -0.138. The van der Waals surface area contributed by atoms with Gasteiger partial charge >= 0.3 is 0 Å². The Morgan fingerprint density at radius 2 is 1.71 bits per heavy atom. The van der Waals surface area contributed by atoms with E-state index in [1.165, 1.54) is 0 Å². The van der Waals surface area contributed by atoms with E-state index in [1.54, 1.807) is 0 Å². The molecule has 2 nitrogen and oxygen atoms in total. The Morgan fingerprint density at radius 3 is 2.21 bits per heavy atom. The normalized spacial score (nSPS) is 10.0. The smallest absolute Gasteiger partial charge is 0.157 e. The van der Waals surface area contributed by atoms with E-state index in [0.29, 0.717) is 13.2 Å². The van der Waals surface area contributed by atoms with Gasteiger partial charge in [0.1, 0.15) is 0 Å². The number of hydrogen-bond acceptors (Lipinski definition) is 2. The maximum absolute atomic E-state index is 5.41. The molecule has 2 heteroatoms. The van der Waals surface area contributed by atoms with Crippen LogP contribution >= 0.6 is 0 Å². The molecule has 0 bridgehead atoms. The fraction of sp³-hybridized carbons (Fsp3) is 0.750. The second-order valence-corrected chi connectivity index (χ2v) is 2.90. The van der Waals surface area contributed by atoms with E-state index in [-0.39, 0.29) is 6.29 Å². The van der Waals surface area contributed by atoms with Gasteiger partial charge in [0.25, 0.3) is 0 Å². The average Bonchev–Trinajstić information content (AvgIpc) is 2.18. The van der Waals surface area contributed by atoms with E-state index < -0.39 is 0 Å². The lowest BCUT2D eigenvalue weighted by Gasteiger charge is -2.15. The first-order valence-corrected chi connectivity index (χ1v) is 5.47. The Bertz CT molecular complexity index is 163. The van der Waals surface area contributed by atoms with Crippen LogP contribution in [0, 0.1) is 0 Å². The molecular weight excluding hydrogens is 176 g/mol. The summed E-state index contributed by atoms with van der Waals surface area (Å²) < 4.78 is 10.8. The van der Waals surface area contributed by atoms with Gasteiger partial charge < -0.3 is 9.47 Å². The largest absolute Gasteiger partial charge is 0.353 e. The lowest BCUT2D eigenvalue weighted by Crippen LogP contribution is -2.16. The van der Waals surface area contributed by atoms with Crippen LogP contribution in [0.5, 0.6) is 0 Å². The van der Waals surface area contributed by atoms with Crippen molar-refractivity contribution in [2.75, 3.05) is 13.2 Å². The maximum atomic E-state index is 5.41. The van der Waals surface area contributed by atoms with Crippen molar-refractivity contribution in [1.82, 2.24) is 0 Å². The molecule has 0 N–H and O–H groups in total. The Kier molecular flexibility index (Phi) is 10.1. The van der Waals surface area contributed by atoms with E-state index in [1.807, 2.05) is 26.0 Å². The summed E-state index contributed by atoms with van der Waals surface area (Å²) in [6.07, 6.45) is 6.92. The molecule has 0 aliphatic heterocycles. The number of rotatable bonds is 8. The molecule has 82 valence electrons. The molecule has 0 spiro atoms. The minimum absolute atomic E-state index is 0.0512. The van der Waals surface area contributed by atoms with Crippen molar-refractivity contribution in [3.05, 3.63) is 17.9 Å². The van der Waals surface area contributed by atoms with E-state index in [9.17, 15) is 0 Å². The zero-order chi connectivity index (χ0) is 10.6. The van der Waals surface area contributed by atoms with Crippen LogP contribution in [0.25, 0.3) is 0 Å². The fourth-order valence-electron chi connectivity index (χ4n) is 1.09. The summed E-state index contributed by atoms with van der Waals surface area (Å²) in [4.78, 5) is 0. The summed E-state index contributed by atoms with van der Waals surface area (Å²) in [6, 6.07) is 0. The van der Waals surface area contributed by atoms with Crippen molar-refractivity contribution in [3.8, 4) is 0 Å². The van der Waals surface area contributed by atoms with Crippen LogP contribution in [0.15, 0.2) is 17.9 Å². The van der Waals surface area contributed by atoms with Crippen molar-refractivity contribution >= 4 is 0 Å². The van der Waals surface area contributed by atoms with Gasteiger partial charge in [-0.2, -0.15) is 0 Å². The van der Waals surface area contributed by atoms with Crippen LogP contribution in [0.4, 0.5) is 0 Å². The Balaban J connectivity index is 3.64. The molecule has 0 unspecified atom stereocenters. The van der Waals surface area contributed by atoms with E-state index in [2.05, 4.69) is 12.7 Å². The molecule has 0 aromatic rings. The fourth-order valence-corrected chi connectivity index (χ4v) is 1.09.